The van der Waals surface area contributed by atoms with Crippen molar-refractivity contribution in [2.75, 3.05) is 0 Å². The van der Waals surface area contributed by atoms with E-state index in [1.54, 1.807) is 0 Å². The summed E-state index contributed by atoms with van der Waals surface area (Å²) in [5.41, 5.74) is 5.52. The molecule has 0 saturated carbocycles. The fourth-order valence-corrected chi connectivity index (χ4v) is 2.70. The molecule has 0 amide bonds. The average molecular weight is 356 g/mol. The quantitative estimate of drug-likeness (QED) is 0.503. The van der Waals surface area contributed by atoms with E-state index < -0.39 is 0 Å². The molecule has 4 heteroatoms. The van der Waals surface area contributed by atoms with Crippen molar-refractivity contribution in [2.24, 2.45) is 5.84 Å². The van der Waals surface area contributed by atoms with E-state index >= 15 is 0 Å². The van der Waals surface area contributed by atoms with E-state index in [4.69, 9.17) is 5.84 Å². The molecule has 0 aromatic heterocycles. The maximum Gasteiger partial charge on any atom is 0.123 e. The highest BCUT2D eigenvalue weighted by atomic mass is 127. The first-order valence-electron chi connectivity index (χ1n) is 5.59. The fourth-order valence-electron chi connectivity index (χ4n) is 2.01. The van der Waals surface area contributed by atoms with Crippen LogP contribution in [0.3, 0.4) is 0 Å². The average Bonchev–Trinajstić information content (AvgIpc) is 2.31. The van der Waals surface area contributed by atoms with Gasteiger partial charge in [0.25, 0.3) is 0 Å². The molecule has 2 rings (SSSR count). The summed E-state index contributed by atoms with van der Waals surface area (Å²) >= 11 is 2.25. The first-order valence-corrected chi connectivity index (χ1v) is 6.67. The van der Waals surface area contributed by atoms with Gasteiger partial charge in [-0.3, -0.25) is 5.84 Å². The van der Waals surface area contributed by atoms with Gasteiger partial charge in [0.15, 0.2) is 0 Å². The molecule has 1 atom stereocenters. The number of hydrogen-bond donors (Lipinski definition) is 2. The van der Waals surface area contributed by atoms with Crippen LogP contribution in [0.5, 0.6) is 0 Å². The Morgan fingerprint density at radius 3 is 2.56 bits per heavy atom. The van der Waals surface area contributed by atoms with Crippen molar-refractivity contribution >= 4 is 22.6 Å². The van der Waals surface area contributed by atoms with Crippen LogP contribution < -0.4 is 11.3 Å². The molecule has 2 aromatic rings. The van der Waals surface area contributed by atoms with Crippen molar-refractivity contribution in [2.45, 2.75) is 13.0 Å². The molecule has 94 valence electrons. The molecule has 0 spiro atoms. The zero-order chi connectivity index (χ0) is 13.1. The standard InChI is InChI=1S/C14H14FIN2/c1-9-6-10(8-11(15)7-9)14(18-17)12-4-2-3-5-13(12)16/h2-8,14,18H,17H2,1H3. The number of benzene rings is 2. The first kappa shape index (κ1) is 13.5. The Labute approximate surface area is 120 Å². The van der Waals surface area contributed by atoms with Gasteiger partial charge in [0.2, 0.25) is 0 Å². The molecule has 0 fully saturated rings. The molecular weight excluding hydrogens is 342 g/mol. The van der Waals surface area contributed by atoms with Crippen molar-refractivity contribution in [3.05, 3.63) is 68.5 Å². The summed E-state index contributed by atoms with van der Waals surface area (Å²) in [6.45, 7) is 1.87. The molecule has 1 unspecified atom stereocenters. The minimum Gasteiger partial charge on any atom is -0.271 e. The van der Waals surface area contributed by atoms with Gasteiger partial charge in [-0.25, -0.2) is 9.82 Å². The summed E-state index contributed by atoms with van der Waals surface area (Å²) in [5, 5.41) is 0. The van der Waals surface area contributed by atoms with Crippen LogP contribution >= 0.6 is 22.6 Å². The van der Waals surface area contributed by atoms with Gasteiger partial charge in [-0.15, -0.1) is 0 Å². The van der Waals surface area contributed by atoms with Crippen LogP contribution in [0.2, 0.25) is 0 Å². The maximum absolute atomic E-state index is 13.5. The highest BCUT2D eigenvalue weighted by molar-refractivity contribution is 14.1. The van der Waals surface area contributed by atoms with Crippen LogP contribution in [0.1, 0.15) is 22.7 Å². The van der Waals surface area contributed by atoms with Crippen molar-refractivity contribution in [3.8, 4) is 0 Å². The Bertz CT molecular complexity index is 537. The Kier molecular flexibility index (Phi) is 4.31. The van der Waals surface area contributed by atoms with Gasteiger partial charge in [0.1, 0.15) is 5.82 Å². The summed E-state index contributed by atoms with van der Waals surface area (Å²) < 4.78 is 14.6. The zero-order valence-corrected chi connectivity index (χ0v) is 12.1. The highest BCUT2D eigenvalue weighted by Crippen LogP contribution is 2.26. The van der Waals surface area contributed by atoms with Crippen LogP contribution in [-0.2, 0) is 0 Å². The predicted molar refractivity (Wildman–Crippen MR) is 79.5 cm³/mol. The highest BCUT2D eigenvalue weighted by Gasteiger charge is 2.15. The van der Waals surface area contributed by atoms with E-state index in [2.05, 4.69) is 28.0 Å². The van der Waals surface area contributed by atoms with Crippen LogP contribution in [-0.4, -0.2) is 0 Å². The normalized spacial score (nSPS) is 12.4. The Hall–Kier alpha value is -0.980. The van der Waals surface area contributed by atoms with Crippen LogP contribution in [0.25, 0.3) is 0 Å². The molecule has 3 N–H and O–H groups in total. The van der Waals surface area contributed by atoms with Gasteiger partial charge in [-0.05, 0) is 64.4 Å². The van der Waals surface area contributed by atoms with E-state index in [0.717, 1.165) is 20.3 Å². The third kappa shape index (κ3) is 2.88. The molecule has 2 aromatic carbocycles. The largest absolute Gasteiger partial charge is 0.271 e. The van der Waals surface area contributed by atoms with E-state index in [1.807, 2.05) is 37.3 Å². The van der Waals surface area contributed by atoms with Crippen LogP contribution in [0.4, 0.5) is 4.39 Å². The second kappa shape index (κ2) is 5.77. The lowest BCUT2D eigenvalue weighted by atomic mass is 9.98. The maximum atomic E-state index is 13.5. The van der Waals surface area contributed by atoms with Crippen molar-refractivity contribution in [3.63, 3.8) is 0 Å². The third-order valence-corrected chi connectivity index (χ3v) is 3.76. The molecule has 0 aliphatic heterocycles. The SMILES string of the molecule is Cc1cc(F)cc(C(NN)c2ccccc2I)c1. The molecule has 0 aliphatic carbocycles. The summed E-state index contributed by atoms with van der Waals surface area (Å²) in [5.74, 6) is 5.39. The van der Waals surface area contributed by atoms with Gasteiger partial charge in [-0.2, -0.15) is 0 Å². The minimum absolute atomic E-state index is 0.201. The van der Waals surface area contributed by atoms with Gasteiger partial charge < -0.3 is 0 Å². The molecule has 0 heterocycles. The van der Waals surface area contributed by atoms with Crippen molar-refractivity contribution in [1.29, 1.82) is 0 Å². The lowest BCUT2D eigenvalue weighted by molar-refractivity contribution is 0.603. The van der Waals surface area contributed by atoms with Gasteiger partial charge in [0, 0.05) is 3.57 Å². The fraction of sp³-hybridized carbons (Fsp3) is 0.143. The smallest absolute Gasteiger partial charge is 0.123 e. The monoisotopic (exact) mass is 356 g/mol. The molecule has 18 heavy (non-hydrogen) atoms. The van der Waals surface area contributed by atoms with E-state index in [-0.39, 0.29) is 11.9 Å². The number of halogens is 2. The molecular formula is C14H14FIN2. The second-order valence-electron chi connectivity index (χ2n) is 4.18. The predicted octanol–water partition coefficient (Wildman–Crippen LogP) is 3.29. The number of rotatable bonds is 3. The molecule has 0 radical (unpaired) electrons. The van der Waals surface area contributed by atoms with Gasteiger partial charge >= 0.3 is 0 Å². The summed E-state index contributed by atoms with van der Waals surface area (Å²) in [4.78, 5) is 0. The number of aryl methyl sites for hydroxylation is 1. The van der Waals surface area contributed by atoms with Crippen LogP contribution in [0.15, 0.2) is 42.5 Å². The topological polar surface area (TPSA) is 38.0 Å². The Morgan fingerprint density at radius 2 is 1.94 bits per heavy atom. The van der Waals surface area contributed by atoms with E-state index in [0.29, 0.717) is 0 Å². The zero-order valence-electron chi connectivity index (χ0n) is 9.95. The minimum atomic E-state index is -0.240. The van der Waals surface area contributed by atoms with E-state index in [9.17, 15) is 4.39 Å². The van der Waals surface area contributed by atoms with Gasteiger partial charge in [-0.1, -0.05) is 24.3 Å². The number of nitrogens with one attached hydrogen (secondary N) is 1. The van der Waals surface area contributed by atoms with E-state index in [1.165, 1.54) is 12.1 Å². The van der Waals surface area contributed by atoms with Crippen molar-refractivity contribution in [1.82, 2.24) is 5.43 Å². The summed E-state index contributed by atoms with van der Waals surface area (Å²) in [6, 6.07) is 12.7. The summed E-state index contributed by atoms with van der Waals surface area (Å²) in [7, 11) is 0. The number of hydrogen-bond acceptors (Lipinski definition) is 2. The molecule has 0 aliphatic rings. The Morgan fingerprint density at radius 1 is 1.22 bits per heavy atom. The van der Waals surface area contributed by atoms with Crippen LogP contribution in [0, 0.1) is 16.3 Å². The number of hydrazine groups is 1. The van der Waals surface area contributed by atoms with Crippen molar-refractivity contribution < 1.29 is 4.39 Å². The Balaban J connectivity index is 2.48. The second-order valence-corrected chi connectivity index (χ2v) is 5.35. The lowest BCUT2D eigenvalue weighted by Crippen LogP contribution is -2.29. The summed E-state index contributed by atoms with van der Waals surface area (Å²) in [6.07, 6.45) is 0. The molecule has 0 bridgehead atoms. The first-order chi connectivity index (χ1) is 8.61. The molecule has 2 nitrogen and oxygen atoms in total. The molecule has 0 saturated heterocycles. The van der Waals surface area contributed by atoms with Gasteiger partial charge in [0.05, 0.1) is 6.04 Å². The third-order valence-electron chi connectivity index (χ3n) is 2.78. The lowest BCUT2D eigenvalue weighted by Gasteiger charge is -2.19. The number of nitrogens with two attached hydrogens (primary N) is 1.